The fraction of sp³-hybridized carbons (Fsp3) is 0.188. The third-order valence-corrected chi connectivity index (χ3v) is 4.92. The Hall–Kier alpha value is -1.65. The molecule has 21 heavy (non-hydrogen) atoms. The van der Waals surface area contributed by atoms with Gasteiger partial charge in [-0.3, -0.25) is 9.00 Å². The van der Waals surface area contributed by atoms with E-state index in [1.807, 2.05) is 0 Å². The number of ketones is 1. The first-order valence-corrected chi connectivity index (χ1v) is 7.96. The maximum atomic E-state index is 12.5. The Balaban J connectivity index is 2.22. The minimum atomic E-state index is -1.44. The van der Waals surface area contributed by atoms with Crippen LogP contribution in [-0.4, -0.2) is 22.4 Å². The van der Waals surface area contributed by atoms with Gasteiger partial charge in [0.25, 0.3) is 0 Å². The van der Waals surface area contributed by atoms with Crippen molar-refractivity contribution in [2.75, 3.05) is 7.11 Å². The van der Waals surface area contributed by atoms with E-state index in [0.29, 0.717) is 21.2 Å². The lowest BCUT2D eigenvalue weighted by atomic mass is 10.1. The molecule has 5 heteroatoms. The highest BCUT2D eigenvalue weighted by Crippen LogP contribution is 2.20. The number of ether oxygens (including phenoxy) is 1. The maximum Gasteiger partial charge on any atom is 0.178 e. The van der Waals surface area contributed by atoms with Gasteiger partial charge in [0.05, 0.1) is 23.2 Å². The van der Waals surface area contributed by atoms with E-state index in [2.05, 4.69) is 0 Å². The number of methoxy groups -OCH3 is 1. The van der Waals surface area contributed by atoms with Gasteiger partial charge in [0.1, 0.15) is 5.75 Å². The van der Waals surface area contributed by atoms with Gasteiger partial charge in [-0.25, -0.2) is 0 Å². The van der Waals surface area contributed by atoms with Gasteiger partial charge in [-0.15, -0.1) is 0 Å². The van der Waals surface area contributed by atoms with Gasteiger partial charge in [0.2, 0.25) is 0 Å². The van der Waals surface area contributed by atoms with Gasteiger partial charge in [-0.2, -0.15) is 0 Å². The van der Waals surface area contributed by atoms with E-state index in [9.17, 15) is 9.00 Å². The third-order valence-electron chi connectivity index (χ3n) is 3.09. The van der Waals surface area contributed by atoms with Gasteiger partial charge in [0.15, 0.2) is 5.78 Å². The van der Waals surface area contributed by atoms with Crippen LogP contribution in [0.4, 0.5) is 0 Å². The lowest BCUT2D eigenvalue weighted by Gasteiger charge is -2.11. The summed E-state index contributed by atoms with van der Waals surface area (Å²) in [6, 6.07) is 13.5. The van der Waals surface area contributed by atoms with Gasteiger partial charge in [0, 0.05) is 15.5 Å². The molecule has 2 rings (SSSR count). The highest BCUT2D eigenvalue weighted by atomic mass is 35.5. The lowest BCUT2D eigenvalue weighted by molar-refractivity contribution is 0.0992. The Bertz CT molecular complexity index is 667. The van der Waals surface area contributed by atoms with Crippen LogP contribution in [0.5, 0.6) is 5.75 Å². The topological polar surface area (TPSA) is 43.4 Å². The number of rotatable bonds is 5. The summed E-state index contributed by atoms with van der Waals surface area (Å²) in [6.45, 7) is 1.66. The van der Waals surface area contributed by atoms with Gasteiger partial charge >= 0.3 is 0 Å². The summed E-state index contributed by atoms with van der Waals surface area (Å²) in [7, 11) is 0.107. The summed E-state index contributed by atoms with van der Waals surface area (Å²) in [6.07, 6.45) is 0. The molecule has 2 aromatic rings. The third kappa shape index (κ3) is 3.71. The van der Waals surface area contributed by atoms with Crippen molar-refractivity contribution in [3.8, 4) is 5.75 Å². The monoisotopic (exact) mass is 322 g/mol. The molecule has 3 nitrogen and oxygen atoms in total. The van der Waals surface area contributed by atoms with Crippen LogP contribution < -0.4 is 4.74 Å². The van der Waals surface area contributed by atoms with Gasteiger partial charge in [-0.1, -0.05) is 17.7 Å². The summed E-state index contributed by atoms with van der Waals surface area (Å²) in [4.78, 5) is 12.9. The number of carbonyl (C=O) groups is 1. The molecule has 0 saturated heterocycles. The maximum absolute atomic E-state index is 12.5. The fourth-order valence-corrected chi connectivity index (χ4v) is 3.19. The second-order valence-corrected chi connectivity index (χ2v) is 6.70. The highest BCUT2D eigenvalue weighted by Gasteiger charge is 2.23. The number of hydrogen-bond acceptors (Lipinski definition) is 3. The zero-order valence-corrected chi connectivity index (χ0v) is 13.3. The summed E-state index contributed by atoms with van der Waals surface area (Å²) in [5.41, 5.74) is 0.503. The lowest BCUT2D eigenvalue weighted by Crippen LogP contribution is -2.22. The van der Waals surface area contributed by atoms with Crippen molar-refractivity contribution in [3.05, 3.63) is 59.1 Å². The van der Waals surface area contributed by atoms with Crippen molar-refractivity contribution >= 4 is 28.2 Å². The van der Waals surface area contributed by atoms with E-state index in [1.54, 1.807) is 62.6 Å². The van der Waals surface area contributed by atoms with Crippen LogP contribution >= 0.6 is 11.6 Å². The molecule has 0 aromatic heterocycles. The minimum Gasteiger partial charge on any atom is -0.497 e. The molecule has 0 radical (unpaired) electrons. The molecule has 110 valence electrons. The Morgan fingerprint density at radius 3 is 2.48 bits per heavy atom. The van der Waals surface area contributed by atoms with Gasteiger partial charge in [-0.05, 0) is 49.4 Å². The van der Waals surface area contributed by atoms with Gasteiger partial charge < -0.3 is 4.74 Å². The number of hydrogen-bond donors (Lipinski definition) is 0. The molecule has 2 aromatic carbocycles. The van der Waals surface area contributed by atoms with Crippen LogP contribution in [0.3, 0.4) is 0 Å². The number of benzene rings is 2. The molecule has 0 amide bonds. The van der Waals surface area contributed by atoms with Crippen LogP contribution in [0, 0.1) is 0 Å². The molecule has 0 fully saturated rings. The van der Waals surface area contributed by atoms with Crippen LogP contribution in [0.1, 0.15) is 17.3 Å². The van der Waals surface area contributed by atoms with Crippen molar-refractivity contribution in [1.82, 2.24) is 0 Å². The average Bonchev–Trinajstić information content (AvgIpc) is 2.53. The van der Waals surface area contributed by atoms with E-state index in [0.717, 1.165) is 0 Å². The van der Waals surface area contributed by atoms with Crippen LogP contribution in [-0.2, 0) is 10.8 Å². The van der Waals surface area contributed by atoms with Crippen molar-refractivity contribution in [2.45, 2.75) is 17.1 Å². The summed E-state index contributed by atoms with van der Waals surface area (Å²) in [5.74, 6) is 0.444. The summed E-state index contributed by atoms with van der Waals surface area (Å²) >= 11 is 5.80. The molecule has 2 atom stereocenters. The summed E-state index contributed by atoms with van der Waals surface area (Å²) in [5, 5.41) is -0.0774. The Morgan fingerprint density at radius 2 is 1.86 bits per heavy atom. The second kappa shape index (κ2) is 6.87. The average molecular weight is 323 g/mol. The Labute approximate surface area is 131 Å². The smallest absolute Gasteiger partial charge is 0.178 e. The quantitative estimate of drug-likeness (QED) is 0.788. The van der Waals surface area contributed by atoms with Crippen molar-refractivity contribution in [2.24, 2.45) is 0 Å². The molecule has 0 spiro atoms. The highest BCUT2D eigenvalue weighted by molar-refractivity contribution is 7.86. The van der Waals surface area contributed by atoms with Crippen LogP contribution in [0.2, 0.25) is 5.02 Å². The molecule has 0 aliphatic carbocycles. The van der Waals surface area contributed by atoms with Crippen LogP contribution in [0.15, 0.2) is 53.4 Å². The molecular formula is C16H15ClO3S. The standard InChI is InChI=1S/C16H15ClO3S/c1-11(16(18)12-6-8-13(17)9-7-12)21(19)15-5-3-4-14(10-15)20-2/h3-11H,1-2H3. The SMILES string of the molecule is COc1cccc(S(=O)C(C)C(=O)c2ccc(Cl)cc2)c1. The molecular weight excluding hydrogens is 308 g/mol. The zero-order valence-electron chi connectivity index (χ0n) is 11.7. The normalized spacial score (nSPS) is 13.5. The first-order chi connectivity index (χ1) is 10.0. The molecule has 0 N–H and O–H groups in total. The predicted molar refractivity (Wildman–Crippen MR) is 84.6 cm³/mol. The Kier molecular flexibility index (Phi) is 5.15. The Morgan fingerprint density at radius 1 is 1.19 bits per heavy atom. The van der Waals surface area contributed by atoms with Crippen molar-refractivity contribution in [1.29, 1.82) is 0 Å². The van der Waals surface area contributed by atoms with E-state index in [4.69, 9.17) is 16.3 Å². The first-order valence-electron chi connectivity index (χ1n) is 6.37. The molecule has 0 heterocycles. The largest absolute Gasteiger partial charge is 0.497 e. The van der Waals surface area contributed by atoms with Crippen molar-refractivity contribution < 1.29 is 13.7 Å². The van der Waals surface area contributed by atoms with E-state index in [1.165, 1.54) is 0 Å². The minimum absolute atomic E-state index is 0.173. The zero-order chi connectivity index (χ0) is 15.4. The van der Waals surface area contributed by atoms with E-state index < -0.39 is 16.0 Å². The number of carbonyl (C=O) groups excluding carboxylic acids is 1. The van der Waals surface area contributed by atoms with Crippen molar-refractivity contribution in [3.63, 3.8) is 0 Å². The second-order valence-electron chi connectivity index (χ2n) is 4.49. The number of Topliss-reactive ketones (excluding diaryl/α,β-unsaturated/α-hetero) is 1. The van der Waals surface area contributed by atoms with E-state index in [-0.39, 0.29) is 5.78 Å². The molecule has 0 aliphatic rings. The molecule has 0 saturated carbocycles. The van der Waals surface area contributed by atoms with Crippen LogP contribution in [0.25, 0.3) is 0 Å². The molecule has 0 bridgehead atoms. The van der Waals surface area contributed by atoms with E-state index >= 15 is 0 Å². The summed E-state index contributed by atoms with van der Waals surface area (Å²) < 4.78 is 17.6. The fourth-order valence-electron chi connectivity index (χ4n) is 1.88. The first kappa shape index (κ1) is 15.7. The molecule has 2 unspecified atom stereocenters. The molecule has 0 aliphatic heterocycles. The predicted octanol–water partition coefficient (Wildman–Crippen LogP) is 3.73. The number of halogens is 1.